The standard InChI is InChI=1S/C13H12OS2/c14-13(10-5-6-15-8-10)12-7-9-3-1-2-4-11(9)16-12/h5-8H,1-4H2. The Labute approximate surface area is 103 Å². The lowest BCUT2D eigenvalue weighted by Crippen LogP contribution is -1.97. The van der Waals surface area contributed by atoms with Gasteiger partial charge in [-0.1, -0.05) is 0 Å². The number of thiophene rings is 2. The van der Waals surface area contributed by atoms with E-state index in [2.05, 4.69) is 6.07 Å². The molecule has 3 rings (SSSR count). The molecular weight excluding hydrogens is 236 g/mol. The van der Waals surface area contributed by atoms with Gasteiger partial charge in [0.05, 0.1) is 4.88 Å². The van der Waals surface area contributed by atoms with E-state index in [1.807, 2.05) is 16.8 Å². The molecule has 82 valence electrons. The molecule has 0 unspecified atom stereocenters. The van der Waals surface area contributed by atoms with Crippen molar-refractivity contribution >= 4 is 28.5 Å². The average Bonchev–Trinajstić information content (AvgIpc) is 2.97. The number of hydrogen-bond acceptors (Lipinski definition) is 3. The number of aryl methyl sites for hydroxylation is 2. The molecule has 2 aromatic heterocycles. The van der Waals surface area contributed by atoms with Crippen LogP contribution in [0.15, 0.2) is 22.9 Å². The number of fused-ring (bicyclic) bond motifs is 1. The number of hydrogen-bond donors (Lipinski definition) is 0. The Morgan fingerprint density at radius 2 is 2.12 bits per heavy atom. The third-order valence-corrected chi connectivity index (χ3v) is 4.92. The van der Waals surface area contributed by atoms with E-state index < -0.39 is 0 Å². The Balaban J connectivity index is 1.95. The highest BCUT2D eigenvalue weighted by molar-refractivity contribution is 7.14. The van der Waals surface area contributed by atoms with Crippen LogP contribution in [0, 0.1) is 0 Å². The van der Waals surface area contributed by atoms with Crippen molar-refractivity contribution in [1.82, 2.24) is 0 Å². The Kier molecular flexibility index (Phi) is 2.65. The molecule has 0 radical (unpaired) electrons. The van der Waals surface area contributed by atoms with Crippen molar-refractivity contribution in [3.63, 3.8) is 0 Å². The van der Waals surface area contributed by atoms with Crippen LogP contribution in [0.25, 0.3) is 0 Å². The molecule has 1 aliphatic carbocycles. The first-order valence-corrected chi connectivity index (χ1v) is 7.29. The molecule has 0 atom stereocenters. The van der Waals surface area contributed by atoms with Crippen molar-refractivity contribution in [2.75, 3.05) is 0 Å². The van der Waals surface area contributed by atoms with Crippen molar-refractivity contribution in [2.24, 2.45) is 0 Å². The van der Waals surface area contributed by atoms with Crippen molar-refractivity contribution in [1.29, 1.82) is 0 Å². The quantitative estimate of drug-likeness (QED) is 0.736. The third kappa shape index (κ3) is 1.74. The molecular formula is C13H12OS2. The molecule has 0 saturated heterocycles. The van der Waals surface area contributed by atoms with Gasteiger partial charge in [0.25, 0.3) is 0 Å². The predicted octanol–water partition coefficient (Wildman–Crippen LogP) is 3.92. The fraction of sp³-hybridized carbons (Fsp3) is 0.308. The summed E-state index contributed by atoms with van der Waals surface area (Å²) in [5.41, 5.74) is 2.25. The van der Waals surface area contributed by atoms with Gasteiger partial charge in [0.15, 0.2) is 0 Å². The van der Waals surface area contributed by atoms with Crippen LogP contribution in [0.1, 0.15) is 38.5 Å². The summed E-state index contributed by atoms with van der Waals surface area (Å²) >= 11 is 3.28. The van der Waals surface area contributed by atoms with E-state index in [0.717, 1.165) is 23.3 Å². The zero-order valence-electron chi connectivity index (χ0n) is 8.86. The molecule has 0 spiro atoms. The molecule has 0 aromatic carbocycles. The van der Waals surface area contributed by atoms with Crippen LogP contribution >= 0.6 is 22.7 Å². The Morgan fingerprint density at radius 1 is 1.25 bits per heavy atom. The maximum Gasteiger partial charge on any atom is 0.203 e. The Morgan fingerprint density at radius 3 is 2.88 bits per heavy atom. The van der Waals surface area contributed by atoms with Crippen LogP contribution < -0.4 is 0 Å². The van der Waals surface area contributed by atoms with E-state index in [0.29, 0.717) is 0 Å². The van der Waals surface area contributed by atoms with Gasteiger partial charge < -0.3 is 0 Å². The minimum absolute atomic E-state index is 0.195. The normalized spacial score (nSPS) is 14.8. The maximum absolute atomic E-state index is 12.1. The van der Waals surface area contributed by atoms with Crippen LogP contribution in [0.5, 0.6) is 0 Å². The fourth-order valence-electron chi connectivity index (χ4n) is 2.14. The van der Waals surface area contributed by atoms with E-state index in [1.165, 1.54) is 23.3 Å². The van der Waals surface area contributed by atoms with Crippen molar-refractivity contribution < 1.29 is 4.79 Å². The van der Waals surface area contributed by atoms with Crippen molar-refractivity contribution in [2.45, 2.75) is 25.7 Å². The minimum atomic E-state index is 0.195. The first-order valence-electron chi connectivity index (χ1n) is 5.53. The number of carbonyl (C=O) groups is 1. The van der Waals surface area contributed by atoms with Crippen LogP contribution in [0.4, 0.5) is 0 Å². The maximum atomic E-state index is 12.1. The molecule has 0 aliphatic heterocycles. The van der Waals surface area contributed by atoms with Gasteiger partial charge in [0, 0.05) is 15.8 Å². The third-order valence-electron chi connectivity index (χ3n) is 3.00. The van der Waals surface area contributed by atoms with Crippen LogP contribution in [-0.4, -0.2) is 5.78 Å². The number of carbonyl (C=O) groups excluding carboxylic acids is 1. The lowest BCUT2D eigenvalue weighted by molar-refractivity contribution is 0.104. The van der Waals surface area contributed by atoms with Gasteiger partial charge in [-0.05, 0) is 48.8 Å². The SMILES string of the molecule is O=C(c1ccsc1)c1cc2c(s1)CCCC2. The molecule has 0 N–H and O–H groups in total. The highest BCUT2D eigenvalue weighted by Gasteiger charge is 2.18. The Hall–Kier alpha value is -0.930. The summed E-state index contributed by atoms with van der Waals surface area (Å²) in [5.74, 6) is 0.195. The zero-order chi connectivity index (χ0) is 11.0. The summed E-state index contributed by atoms with van der Waals surface area (Å²) in [6, 6.07) is 4.02. The molecule has 16 heavy (non-hydrogen) atoms. The van der Waals surface area contributed by atoms with E-state index in [-0.39, 0.29) is 5.78 Å². The van der Waals surface area contributed by atoms with Gasteiger partial charge >= 0.3 is 0 Å². The van der Waals surface area contributed by atoms with Gasteiger partial charge in [0.1, 0.15) is 0 Å². The van der Waals surface area contributed by atoms with E-state index in [1.54, 1.807) is 22.7 Å². The van der Waals surface area contributed by atoms with E-state index in [9.17, 15) is 4.79 Å². The van der Waals surface area contributed by atoms with Crippen molar-refractivity contribution in [3.05, 3.63) is 43.8 Å². The molecule has 0 amide bonds. The smallest absolute Gasteiger partial charge is 0.203 e. The highest BCUT2D eigenvalue weighted by Crippen LogP contribution is 2.31. The lowest BCUT2D eigenvalue weighted by Gasteiger charge is -2.08. The monoisotopic (exact) mass is 248 g/mol. The minimum Gasteiger partial charge on any atom is -0.288 e. The number of rotatable bonds is 2. The molecule has 0 fully saturated rings. The highest BCUT2D eigenvalue weighted by atomic mass is 32.1. The molecule has 3 heteroatoms. The average molecular weight is 248 g/mol. The van der Waals surface area contributed by atoms with E-state index >= 15 is 0 Å². The van der Waals surface area contributed by atoms with Crippen LogP contribution in [-0.2, 0) is 12.8 Å². The van der Waals surface area contributed by atoms with Crippen molar-refractivity contribution in [3.8, 4) is 0 Å². The number of ketones is 1. The van der Waals surface area contributed by atoms with Crippen LogP contribution in [0.3, 0.4) is 0 Å². The summed E-state index contributed by atoms with van der Waals surface area (Å²) < 4.78 is 0. The molecule has 2 heterocycles. The summed E-state index contributed by atoms with van der Waals surface area (Å²) in [7, 11) is 0. The summed E-state index contributed by atoms with van der Waals surface area (Å²) in [6.07, 6.45) is 4.87. The first kappa shape index (κ1) is 10.2. The van der Waals surface area contributed by atoms with Gasteiger partial charge in [0.2, 0.25) is 5.78 Å². The first-order chi connectivity index (χ1) is 7.84. The van der Waals surface area contributed by atoms with Crippen LogP contribution in [0.2, 0.25) is 0 Å². The van der Waals surface area contributed by atoms with Gasteiger partial charge in [-0.15, -0.1) is 11.3 Å². The summed E-state index contributed by atoms with van der Waals surface area (Å²) in [4.78, 5) is 14.5. The lowest BCUT2D eigenvalue weighted by atomic mass is 9.99. The second-order valence-corrected chi connectivity index (χ2v) is 6.02. The summed E-state index contributed by atoms with van der Waals surface area (Å²) in [5, 5.41) is 3.89. The summed E-state index contributed by atoms with van der Waals surface area (Å²) in [6.45, 7) is 0. The fourth-order valence-corrected chi connectivity index (χ4v) is 3.99. The topological polar surface area (TPSA) is 17.1 Å². The second kappa shape index (κ2) is 4.15. The molecule has 0 bridgehead atoms. The Bertz CT molecular complexity index is 485. The molecule has 2 aromatic rings. The largest absolute Gasteiger partial charge is 0.288 e. The molecule has 1 nitrogen and oxygen atoms in total. The van der Waals surface area contributed by atoms with Gasteiger partial charge in [-0.2, -0.15) is 11.3 Å². The van der Waals surface area contributed by atoms with Gasteiger partial charge in [-0.25, -0.2) is 0 Å². The molecule has 1 aliphatic rings. The predicted molar refractivity (Wildman–Crippen MR) is 68.7 cm³/mol. The van der Waals surface area contributed by atoms with Gasteiger partial charge in [-0.3, -0.25) is 4.79 Å². The zero-order valence-corrected chi connectivity index (χ0v) is 10.5. The van der Waals surface area contributed by atoms with E-state index in [4.69, 9.17) is 0 Å². The molecule has 0 saturated carbocycles. The second-order valence-electron chi connectivity index (χ2n) is 4.11.